The van der Waals surface area contributed by atoms with E-state index in [0.717, 1.165) is 5.69 Å². The first-order chi connectivity index (χ1) is 11.5. The monoisotopic (exact) mass is 517 g/mol. The molecule has 1 heterocycles. The van der Waals surface area contributed by atoms with Crippen LogP contribution >= 0.6 is 58.8 Å². The number of benzene rings is 1. The molecule has 6 nitrogen and oxygen atoms in total. The molecule has 10 heteroatoms. The van der Waals surface area contributed by atoms with E-state index in [1.54, 1.807) is 30.1 Å². The number of guanidine groups is 1. The lowest BCUT2D eigenvalue weighted by Crippen LogP contribution is -2.39. The van der Waals surface area contributed by atoms with Crippen molar-refractivity contribution in [3.63, 3.8) is 0 Å². The van der Waals surface area contributed by atoms with Crippen LogP contribution in [0, 0.1) is 0 Å². The van der Waals surface area contributed by atoms with Gasteiger partial charge in [0, 0.05) is 25.3 Å². The van der Waals surface area contributed by atoms with Crippen molar-refractivity contribution in [2.45, 2.75) is 6.54 Å². The summed E-state index contributed by atoms with van der Waals surface area (Å²) in [4.78, 5) is 4.15. The summed E-state index contributed by atoms with van der Waals surface area (Å²) in [6.45, 7) is 1.51. The van der Waals surface area contributed by atoms with Crippen LogP contribution in [0.4, 0.5) is 0 Å². The second-order valence-electron chi connectivity index (χ2n) is 4.85. The van der Waals surface area contributed by atoms with Crippen molar-refractivity contribution in [3.05, 3.63) is 45.2 Å². The number of nitrogens with zero attached hydrogens (tertiary/aromatic N) is 3. The van der Waals surface area contributed by atoms with Gasteiger partial charge in [-0.3, -0.25) is 9.67 Å². The Kier molecular flexibility index (Phi) is 9.70. The molecular formula is C15H19Cl3IN5O. The molecule has 2 rings (SSSR count). The first-order valence-electron chi connectivity index (χ1n) is 7.20. The zero-order valence-electron chi connectivity index (χ0n) is 13.7. The van der Waals surface area contributed by atoms with Crippen LogP contribution in [0.2, 0.25) is 15.1 Å². The van der Waals surface area contributed by atoms with Crippen LogP contribution in [0.1, 0.15) is 5.69 Å². The number of aromatic nitrogens is 2. The SMILES string of the molecule is CN=C(NCCOc1c(Cl)cc(Cl)cc1Cl)NCc1ccnn1C.I. The second kappa shape index (κ2) is 10.9. The maximum Gasteiger partial charge on any atom is 0.191 e. The molecule has 0 radical (unpaired) electrons. The van der Waals surface area contributed by atoms with Crippen LogP contribution in [0.15, 0.2) is 29.4 Å². The van der Waals surface area contributed by atoms with Crippen molar-refractivity contribution < 1.29 is 4.74 Å². The Bertz CT molecular complexity index is 700. The fourth-order valence-corrected chi connectivity index (χ4v) is 2.89. The standard InChI is InChI=1S/C15H18Cl3N5O.HI/c1-19-15(21-9-11-3-4-22-23(11)2)20-5-6-24-14-12(17)7-10(16)8-13(14)18;/h3-4,7-8H,5-6,9H2,1-2H3,(H2,19,20,21);1H. The molecule has 25 heavy (non-hydrogen) atoms. The van der Waals surface area contributed by atoms with Gasteiger partial charge in [0.25, 0.3) is 0 Å². The molecule has 0 spiro atoms. The normalized spacial score (nSPS) is 11.0. The lowest BCUT2D eigenvalue weighted by atomic mass is 10.3. The predicted octanol–water partition coefficient (Wildman–Crippen LogP) is 3.74. The minimum atomic E-state index is 0. The molecule has 0 aliphatic heterocycles. The maximum atomic E-state index is 6.07. The molecule has 0 aliphatic carbocycles. The molecule has 0 aliphatic rings. The first kappa shape index (κ1) is 22.1. The number of ether oxygens (including phenoxy) is 1. The van der Waals surface area contributed by atoms with Crippen molar-refractivity contribution in [1.29, 1.82) is 0 Å². The lowest BCUT2D eigenvalue weighted by Gasteiger charge is -2.14. The Balaban J connectivity index is 0.00000312. The molecule has 0 unspecified atom stereocenters. The third-order valence-electron chi connectivity index (χ3n) is 3.19. The Morgan fingerprint density at radius 2 is 1.92 bits per heavy atom. The molecule has 138 valence electrons. The van der Waals surface area contributed by atoms with Crippen LogP contribution in [0.25, 0.3) is 0 Å². The number of halogens is 4. The van der Waals surface area contributed by atoms with Crippen molar-refractivity contribution in [2.75, 3.05) is 20.2 Å². The van der Waals surface area contributed by atoms with Gasteiger partial charge in [0.2, 0.25) is 0 Å². The van der Waals surface area contributed by atoms with E-state index in [1.165, 1.54) is 0 Å². The summed E-state index contributed by atoms with van der Waals surface area (Å²) in [6, 6.07) is 5.12. The summed E-state index contributed by atoms with van der Waals surface area (Å²) < 4.78 is 7.40. The fraction of sp³-hybridized carbons (Fsp3) is 0.333. The molecule has 0 bridgehead atoms. The molecule has 0 amide bonds. The minimum Gasteiger partial charge on any atom is -0.489 e. The van der Waals surface area contributed by atoms with E-state index in [0.29, 0.717) is 46.5 Å². The van der Waals surface area contributed by atoms with E-state index in [1.807, 2.05) is 13.1 Å². The van der Waals surface area contributed by atoms with Crippen molar-refractivity contribution >= 4 is 64.7 Å². The molecule has 1 aromatic carbocycles. The van der Waals surface area contributed by atoms with E-state index in [4.69, 9.17) is 39.5 Å². The summed E-state index contributed by atoms with van der Waals surface area (Å²) in [7, 11) is 3.59. The molecule has 0 saturated heterocycles. The quantitative estimate of drug-likeness (QED) is 0.265. The van der Waals surface area contributed by atoms with Crippen LogP contribution in [-0.4, -0.2) is 35.9 Å². The molecule has 0 fully saturated rings. The van der Waals surface area contributed by atoms with Gasteiger partial charge in [-0.05, 0) is 18.2 Å². The van der Waals surface area contributed by atoms with Gasteiger partial charge < -0.3 is 15.4 Å². The average Bonchev–Trinajstić information content (AvgIpc) is 2.93. The number of aliphatic imine (C=N–C) groups is 1. The highest BCUT2D eigenvalue weighted by molar-refractivity contribution is 14.0. The second-order valence-corrected chi connectivity index (χ2v) is 6.10. The number of nitrogens with one attached hydrogen (secondary N) is 2. The van der Waals surface area contributed by atoms with Crippen LogP contribution in [0.3, 0.4) is 0 Å². The zero-order chi connectivity index (χ0) is 17.5. The molecular weight excluding hydrogens is 499 g/mol. The Morgan fingerprint density at radius 1 is 1.24 bits per heavy atom. The predicted molar refractivity (Wildman–Crippen MR) is 114 cm³/mol. The van der Waals surface area contributed by atoms with Crippen molar-refractivity contribution in [3.8, 4) is 5.75 Å². The maximum absolute atomic E-state index is 6.07. The summed E-state index contributed by atoms with van der Waals surface area (Å²) in [5, 5.41) is 11.7. The minimum absolute atomic E-state index is 0. The van der Waals surface area contributed by atoms with E-state index < -0.39 is 0 Å². The van der Waals surface area contributed by atoms with Gasteiger partial charge in [-0.1, -0.05) is 34.8 Å². The number of rotatable bonds is 6. The average molecular weight is 519 g/mol. The molecule has 2 aromatic rings. The number of hydrogen-bond acceptors (Lipinski definition) is 3. The summed E-state index contributed by atoms with van der Waals surface area (Å²) in [5.74, 6) is 1.08. The van der Waals surface area contributed by atoms with E-state index in [9.17, 15) is 0 Å². The van der Waals surface area contributed by atoms with Gasteiger partial charge in [-0.25, -0.2) is 0 Å². The smallest absolute Gasteiger partial charge is 0.191 e. The molecule has 0 atom stereocenters. The van der Waals surface area contributed by atoms with Crippen LogP contribution < -0.4 is 15.4 Å². The third-order valence-corrected chi connectivity index (χ3v) is 3.97. The molecule has 1 aromatic heterocycles. The highest BCUT2D eigenvalue weighted by atomic mass is 127. The van der Waals surface area contributed by atoms with Gasteiger partial charge in [0.1, 0.15) is 6.61 Å². The van der Waals surface area contributed by atoms with Crippen molar-refractivity contribution in [2.24, 2.45) is 12.0 Å². The number of hydrogen-bond donors (Lipinski definition) is 2. The Morgan fingerprint density at radius 3 is 2.48 bits per heavy atom. The zero-order valence-corrected chi connectivity index (χ0v) is 18.3. The van der Waals surface area contributed by atoms with Crippen LogP contribution in [0.5, 0.6) is 5.75 Å². The summed E-state index contributed by atoms with van der Waals surface area (Å²) in [5.41, 5.74) is 1.05. The van der Waals surface area contributed by atoms with Gasteiger partial charge in [-0.15, -0.1) is 24.0 Å². The largest absolute Gasteiger partial charge is 0.489 e. The summed E-state index contributed by atoms with van der Waals surface area (Å²) >= 11 is 18.0. The molecule has 2 N–H and O–H groups in total. The van der Waals surface area contributed by atoms with Gasteiger partial charge in [-0.2, -0.15) is 5.10 Å². The summed E-state index contributed by atoms with van der Waals surface area (Å²) in [6.07, 6.45) is 1.75. The van der Waals surface area contributed by atoms with Gasteiger partial charge >= 0.3 is 0 Å². The highest BCUT2D eigenvalue weighted by Crippen LogP contribution is 2.35. The Hall–Kier alpha value is -0.900. The Labute approximate surface area is 178 Å². The van der Waals surface area contributed by atoms with E-state index in [2.05, 4.69) is 20.7 Å². The third kappa shape index (κ3) is 6.73. The van der Waals surface area contributed by atoms with Gasteiger partial charge in [0.15, 0.2) is 11.7 Å². The lowest BCUT2D eigenvalue weighted by molar-refractivity contribution is 0.322. The van der Waals surface area contributed by atoms with Gasteiger partial charge in [0.05, 0.1) is 28.8 Å². The topological polar surface area (TPSA) is 63.5 Å². The first-order valence-corrected chi connectivity index (χ1v) is 8.33. The van der Waals surface area contributed by atoms with Crippen molar-refractivity contribution in [1.82, 2.24) is 20.4 Å². The van der Waals surface area contributed by atoms with Crippen LogP contribution in [-0.2, 0) is 13.6 Å². The fourth-order valence-electron chi connectivity index (χ4n) is 1.96. The van der Waals surface area contributed by atoms with E-state index >= 15 is 0 Å². The number of aryl methyl sites for hydroxylation is 1. The van der Waals surface area contributed by atoms with E-state index in [-0.39, 0.29) is 24.0 Å². The molecule has 0 saturated carbocycles. The highest BCUT2D eigenvalue weighted by Gasteiger charge is 2.09.